The third-order valence-electron chi connectivity index (χ3n) is 3.42. The van der Waals surface area contributed by atoms with Crippen molar-refractivity contribution in [1.82, 2.24) is 0 Å². The Morgan fingerprint density at radius 1 is 1.05 bits per heavy atom. The summed E-state index contributed by atoms with van der Waals surface area (Å²) < 4.78 is 38.9. The molecule has 0 spiro atoms. The number of hydrogen-bond acceptors (Lipinski definition) is 3. The van der Waals surface area contributed by atoms with Crippen LogP contribution in [-0.2, 0) is 11.0 Å². The van der Waals surface area contributed by atoms with Crippen LogP contribution in [0.5, 0.6) is 0 Å². The molecule has 2 aromatic rings. The maximum Gasteiger partial charge on any atom is 0.416 e. The molecule has 3 rings (SSSR count). The number of para-hydroxylation sites is 1. The SMILES string of the molecule is O=CCCN1c2ccccc2Sc2ccc(C(F)(F)F)cc21. The Morgan fingerprint density at radius 3 is 2.50 bits per heavy atom. The van der Waals surface area contributed by atoms with Crippen molar-refractivity contribution in [2.45, 2.75) is 22.4 Å². The zero-order valence-electron chi connectivity index (χ0n) is 11.4. The van der Waals surface area contributed by atoms with Crippen LogP contribution >= 0.6 is 11.8 Å². The number of rotatable bonds is 3. The number of carbonyl (C=O) groups is 1. The average molecular weight is 323 g/mol. The van der Waals surface area contributed by atoms with Crippen molar-refractivity contribution < 1.29 is 18.0 Å². The second kappa shape index (κ2) is 5.68. The van der Waals surface area contributed by atoms with Gasteiger partial charge in [0.15, 0.2) is 0 Å². The van der Waals surface area contributed by atoms with Crippen molar-refractivity contribution in [3.8, 4) is 0 Å². The number of carbonyl (C=O) groups excluding carboxylic acids is 1. The predicted molar refractivity (Wildman–Crippen MR) is 79.7 cm³/mol. The van der Waals surface area contributed by atoms with E-state index in [0.29, 0.717) is 12.2 Å². The summed E-state index contributed by atoms with van der Waals surface area (Å²) in [4.78, 5) is 14.2. The molecular weight excluding hydrogens is 311 g/mol. The van der Waals surface area contributed by atoms with Crippen LogP contribution in [0.15, 0.2) is 52.3 Å². The smallest absolute Gasteiger partial charge is 0.339 e. The van der Waals surface area contributed by atoms with E-state index in [2.05, 4.69) is 0 Å². The fourth-order valence-electron chi connectivity index (χ4n) is 2.43. The van der Waals surface area contributed by atoms with Gasteiger partial charge in [-0.2, -0.15) is 13.2 Å². The summed E-state index contributed by atoms with van der Waals surface area (Å²) in [5, 5.41) is 0. The Balaban J connectivity index is 2.10. The summed E-state index contributed by atoms with van der Waals surface area (Å²) in [6.45, 7) is 0.357. The van der Waals surface area contributed by atoms with Crippen molar-refractivity contribution in [1.29, 1.82) is 0 Å². The van der Waals surface area contributed by atoms with E-state index < -0.39 is 11.7 Å². The molecule has 0 fully saturated rings. The molecule has 0 atom stereocenters. The van der Waals surface area contributed by atoms with Crippen LogP contribution in [0.4, 0.5) is 24.5 Å². The van der Waals surface area contributed by atoms with E-state index in [4.69, 9.17) is 0 Å². The number of benzene rings is 2. The third kappa shape index (κ3) is 2.70. The Bertz CT molecular complexity index is 715. The summed E-state index contributed by atoms with van der Waals surface area (Å²) in [6.07, 6.45) is -3.35. The highest BCUT2D eigenvalue weighted by Gasteiger charge is 2.33. The topological polar surface area (TPSA) is 20.3 Å². The minimum absolute atomic E-state index is 0.259. The average Bonchev–Trinajstić information content (AvgIpc) is 2.50. The van der Waals surface area contributed by atoms with Crippen LogP contribution < -0.4 is 4.90 Å². The third-order valence-corrected chi connectivity index (χ3v) is 4.55. The summed E-state index contributed by atoms with van der Waals surface area (Å²) in [7, 11) is 0. The zero-order chi connectivity index (χ0) is 15.7. The standard InChI is InChI=1S/C16H12F3NOS/c17-16(18,19)11-6-7-15-13(10-11)20(8-3-9-21)12-4-1-2-5-14(12)22-15/h1-2,4-7,9-10H,3,8H2. The molecule has 1 aliphatic heterocycles. The van der Waals surface area contributed by atoms with Gasteiger partial charge in [0.2, 0.25) is 0 Å². The summed E-state index contributed by atoms with van der Waals surface area (Å²) in [6, 6.07) is 11.3. The van der Waals surface area contributed by atoms with Gasteiger partial charge in [0.05, 0.1) is 16.9 Å². The number of alkyl halides is 3. The minimum Gasteiger partial charge on any atom is -0.339 e. The first-order valence-corrected chi connectivity index (χ1v) is 7.51. The molecule has 2 aromatic carbocycles. The van der Waals surface area contributed by atoms with E-state index >= 15 is 0 Å². The van der Waals surface area contributed by atoms with Crippen LogP contribution in [0.25, 0.3) is 0 Å². The highest BCUT2D eigenvalue weighted by molar-refractivity contribution is 7.99. The van der Waals surface area contributed by atoms with Gasteiger partial charge in [-0.3, -0.25) is 0 Å². The Morgan fingerprint density at radius 2 is 1.77 bits per heavy atom. The monoisotopic (exact) mass is 323 g/mol. The van der Waals surface area contributed by atoms with Gasteiger partial charge < -0.3 is 9.69 Å². The molecule has 0 N–H and O–H groups in total. The maximum absolute atomic E-state index is 13.0. The summed E-state index contributed by atoms with van der Waals surface area (Å²) in [5.74, 6) is 0. The molecule has 0 saturated heterocycles. The first-order chi connectivity index (χ1) is 10.5. The Labute approximate surface area is 129 Å². The minimum atomic E-state index is -4.38. The first kappa shape index (κ1) is 15.0. The molecule has 0 aliphatic carbocycles. The number of anilines is 2. The van der Waals surface area contributed by atoms with Gasteiger partial charge >= 0.3 is 6.18 Å². The highest BCUT2D eigenvalue weighted by Crippen LogP contribution is 2.49. The molecule has 22 heavy (non-hydrogen) atoms. The highest BCUT2D eigenvalue weighted by atomic mass is 32.2. The quantitative estimate of drug-likeness (QED) is 0.750. The lowest BCUT2D eigenvalue weighted by atomic mass is 10.1. The largest absolute Gasteiger partial charge is 0.416 e. The fourth-order valence-corrected chi connectivity index (χ4v) is 3.50. The van der Waals surface area contributed by atoms with Gasteiger partial charge in [-0.15, -0.1) is 0 Å². The van der Waals surface area contributed by atoms with Crippen molar-refractivity contribution in [2.75, 3.05) is 11.4 Å². The number of halogens is 3. The van der Waals surface area contributed by atoms with Crippen LogP contribution in [0.2, 0.25) is 0 Å². The molecule has 1 aliphatic rings. The zero-order valence-corrected chi connectivity index (χ0v) is 12.2. The number of fused-ring (bicyclic) bond motifs is 2. The van der Waals surface area contributed by atoms with E-state index in [-0.39, 0.29) is 6.42 Å². The Kier molecular flexibility index (Phi) is 3.87. The molecule has 0 aromatic heterocycles. The van der Waals surface area contributed by atoms with Gasteiger partial charge in [0.25, 0.3) is 0 Å². The van der Waals surface area contributed by atoms with Crippen LogP contribution in [0, 0.1) is 0 Å². The number of nitrogens with zero attached hydrogens (tertiary/aromatic N) is 1. The van der Waals surface area contributed by atoms with Gasteiger partial charge in [-0.1, -0.05) is 23.9 Å². The second-order valence-electron chi connectivity index (χ2n) is 4.86. The summed E-state index contributed by atoms with van der Waals surface area (Å²) >= 11 is 1.44. The number of hydrogen-bond donors (Lipinski definition) is 0. The number of aldehydes is 1. The van der Waals surface area contributed by atoms with E-state index in [0.717, 1.165) is 33.9 Å². The van der Waals surface area contributed by atoms with E-state index in [1.54, 1.807) is 4.90 Å². The molecule has 0 amide bonds. The van der Waals surface area contributed by atoms with Gasteiger partial charge in [-0.05, 0) is 30.3 Å². The molecular formula is C16H12F3NOS. The normalized spacial score (nSPS) is 13.5. The molecule has 0 unspecified atom stereocenters. The Hall–Kier alpha value is -1.95. The van der Waals surface area contributed by atoms with Crippen molar-refractivity contribution in [3.63, 3.8) is 0 Å². The van der Waals surface area contributed by atoms with Crippen LogP contribution in [0.1, 0.15) is 12.0 Å². The van der Waals surface area contributed by atoms with Crippen molar-refractivity contribution in [2.24, 2.45) is 0 Å². The molecule has 6 heteroatoms. The maximum atomic E-state index is 13.0. The lowest BCUT2D eigenvalue weighted by molar-refractivity contribution is -0.137. The van der Waals surface area contributed by atoms with E-state index in [1.165, 1.54) is 17.8 Å². The molecule has 0 bridgehead atoms. The van der Waals surface area contributed by atoms with Crippen molar-refractivity contribution in [3.05, 3.63) is 48.0 Å². The van der Waals surface area contributed by atoms with Gasteiger partial charge in [-0.25, -0.2) is 0 Å². The molecule has 1 heterocycles. The van der Waals surface area contributed by atoms with Crippen LogP contribution in [-0.4, -0.2) is 12.8 Å². The molecule has 2 nitrogen and oxygen atoms in total. The molecule has 114 valence electrons. The molecule has 0 radical (unpaired) electrons. The van der Waals surface area contributed by atoms with Crippen molar-refractivity contribution >= 4 is 29.4 Å². The predicted octanol–water partition coefficient (Wildman–Crippen LogP) is 4.90. The van der Waals surface area contributed by atoms with Gasteiger partial charge in [0.1, 0.15) is 6.29 Å². The van der Waals surface area contributed by atoms with Crippen LogP contribution in [0.3, 0.4) is 0 Å². The van der Waals surface area contributed by atoms with Gasteiger partial charge in [0, 0.05) is 22.8 Å². The van der Waals surface area contributed by atoms with E-state index in [9.17, 15) is 18.0 Å². The first-order valence-electron chi connectivity index (χ1n) is 6.70. The lowest BCUT2D eigenvalue weighted by Gasteiger charge is -2.32. The fraction of sp³-hybridized carbons (Fsp3) is 0.188. The summed E-state index contributed by atoms with van der Waals surface area (Å²) in [5.41, 5.74) is 0.656. The lowest BCUT2D eigenvalue weighted by Crippen LogP contribution is -2.23. The second-order valence-corrected chi connectivity index (χ2v) is 5.94. The van der Waals surface area contributed by atoms with E-state index in [1.807, 2.05) is 24.3 Å². The molecule has 0 saturated carbocycles.